The van der Waals surface area contributed by atoms with Crippen LogP contribution in [0, 0.1) is 17.2 Å². The highest BCUT2D eigenvalue weighted by Crippen LogP contribution is 2.32. The van der Waals surface area contributed by atoms with Crippen LogP contribution >= 0.6 is 11.8 Å². The van der Waals surface area contributed by atoms with Gasteiger partial charge in [0.1, 0.15) is 0 Å². The Balaban J connectivity index is 1.96. The first-order chi connectivity index (χ1) is 6.81. The Hall–Kier alpha value is -0.200. The Kier molecular flexibility index (Phi) is 3.35. The molecule has 3 atom stereocenters. The maximum atomic E-state index is 9.05. The van der Waals surface area contributed by atoms with E-state index in [4.69, 9.17) is 5.26 Å². The van der Waals surface area contributed by atoms with Crippen LogP contribution in [0.5, 0.6) is 0 Å². The van der Waals surface area contributed by atoms with Gasteiger partial charge in [-0.1, -0.05) is 13.3 Å². The maximum absolute atomic E-state index is 9.05. The lowest BCUT2D eigenvalue weighted by molar-refractivity contribution is 0.186. The highest BCUT2D eigenvalue weighted by Gasteiger charge is 2.33. The smallest absolute Gasteiger partial charge is 0.0672 e. The van der Waals surface area contributed by atoms with Gasteiger partial charge in [0.25, 0.3) is 0 Å². The molecule has 1 saturated heterocycles. The summed E-state index contributed by atoms with van der Waals surface area (Å²) in [7, 11) is 0. The highest BCUT2D eigenvalue weighted by molar-refractivity contribution is 7.99. The minimum atomic E-state index is 0.310. The maximum Gasteiger partial charge on any atom is 0.0672 e. The molecule has 0 spiro atoms. The van der Waals surface area contributed by atoms with Crippen molar-refractivity contribution in [2.75, 3.05) is 18.8 Å². The lowest BCUT2D eigenvalue weighted by Gasteiger charge is -2.36. The van der Waals surface area contributed by atoms with Crippen LogP contribution in [0.15, 0.2) is 0 Å². The summed E-state index contributed by atoms with van der Waals surface area (Å²) in [5.41, 5.74) is 0. The molecule has 0 amide bonds. The van der Waals surface area contributed by atoms with Crippen molar-refractivity contribution in [1.29, 1.82) is 5.26 Å². The second-order valence-electron chi connectivity index (χ2n) is 4.41. The molecule has 0 aromatic rings. The van der Waals surface area contributed by atoms with Crippen LogP contribution in [-0.2, 0) is 0 Å². The molecular weight excluding hydrogens is 192 g/mol. The monoisotopic (exact) mass is 210 g/mol. The fraction of sp³-hybridized carbons (Fsp3) is 0.909. The van der Waals surface area contributed by atoms with Crippen molar-refractivity contribution in [1.82, 2.24) is 4.90 Å². The molecule has 1 aliphatic carbocycles. The van der Waals surface area contributed by atoms with Gasteiger partial charge in [-0.05, 0) is 12.8 Å². The van der Waals surface area contributed by atoms with Crippen molar-refractivity contribution in [3.63, 3.8) is 0 Å². The van der Waals surface area contributed by atoms with Crippen LogP contribution in [0.4, 0.5) is 0 Å². The first-order valence-corrected chi connectivity index (χ1v) is 6.61. The Labute approximate surface area is 90.7 Å². The topological polar surface area (TPSA) is 27.0 Å². The molecule has 1 aliphatic heterocycles. The van der Waals surface area contributed by atoms with Crippen molar-refractivity contribution < 1.29 is 0 Å². The molecule has 2 rings (SSSR count). The van der Waals surface area contributed by atoms with E-state index in [1.54, 1.807) is 0 Å². The molecule has 3 heteroatoms. The Morgan fingerprint density at radius 2 is 2.29 bits per heavy atom. The van der Waals surface area contributed by atoms with E-state index in [2.05, 4.69) is 29.7 Å². The van der Waals surface area contributed by atoms with E-state index in [1.165, 1.54) is 31.7 Å². The van der Waals surface area contributed by atoms with Gasteiger partial charge in [0, 0.05) is 30.1 Å². The van der Waals surface area contributed by atoms with E-state index < -0.39 is 0 Å². The van der Waals surface area contributed by atoms with Crippen molar-refractivity contribution in [3.8, 4) is 6.07 Å². The third kappa shape index (κ3) is 2.07. The molecular formula is C11H18N2S. The molecule has 14 heavy (non-hydrogen) atoms. The second kappa shape index (κ2) is 4.55. The molecule has 3 unspecified atom stereocenters. The van der Waals surface area contributed by atoms with Crippen molar-refractivity contribution in [2.45, 2.75) is 37.5 Å². The van der Waals surface area contributed by atoms with Gasteiger partial charge in [0.05, 0.1) is 12.0 Å². The van der Waals surface area contributed by atoms with Gasteiger partial charge in [0.15, 0.2) is 0 Å². The first kappa shape index (κ1) is 10.3. The average Bonchev–Trinajstić information content (AvgIpc) is 2.65. The van der Waals surface area contributed by atoms with Crippen molar-refractivity contribution in [2.24, 2.45) is 5.92 Å². The van der Waals surface area contributed by atoms with Crippen LogP contribution in [0.3, 0.4) is 0 Å². The molecule has 0 aromatic carbocycles. The predicted molar refractivity (Wildman–Crippen MR) is 60.2 cm³/mol. The van der Waals surface area contributed by atoms with Gasteiger partial charge in [-0.15, -0.1) is 0 Å². The molecule has 0 bridgehead atoms. The summed E-state index contributed by atoms with van der Waals surface area (Å²) in [6.07, 6.45) is 3.62. The molecule has 1 saturated carbocycles. The quantitative estimate of drug-likeness (QED) is 0.663. The lowest BCUT2D eigenvalue weighted by atomic mass is 10.0. The van der Waals surface area contributed by atoms with Crippen LogP contribution in [0.25, 0.3) is 0 Å². The zero-order valence-electron chi connectivity index (χ0n) is 8.78. The summed E-state index contributed by atoms with van der Waals surface area (Å²) in [6, 6.07) is 3.05. The highest BCUT2D eigenvalue weighted by atomic mass is 32.2. The zero-order valence-corrected chi connectivity index (χ0v) is 9.59. The van der Waals surface area contributed by atoms with E-state index in [-0.39, 0.29) is 0 Å². The summed E-state index contributed by atoms with van der Waals surface area (Å²) in [6.45, 7) is 4.68. The number of nitriles is 1. The first-order valence-electron chi connectivity index (χ1n) is 5.56. The molecule has 78 valence electrons. The van der Waals surface area contributed by atoms with E-state index in [0.29, 0.717) is 12.0 Å². The van der Waals surface area contributed by atoms with Gasteiger partial charge in [0.2, 0.25) is 0 Å². The Morgan fingerprint density at radius 3 is 3.00 bits per heavy atom. The van der Waals surface area contributed by atoms with Gasteiger partial charge in [-0.25, -0.2) is 0 Å². The Bertz CT molecular complexity index is 236. The van der Waals surface area contributed by atoms with Crippen LogP contribution in [-0.4, -0.2) is 35.0 Å². The number of rotatable bonds is 1. The molecule has 0 radical (unpaired) electrons. The van der Waals surface area contributed by atoms with E-state index in [9.17, 15) is 0 Å². The van der Waals surface area contributed by atoms with Crippen LogP contribution in [0.2, 0.25) is 0 Å². The standard InChI is InChI=1S/C11H18N2S/c1-9-8-13(5-6-14-9)11-4-2-3-10(11)7-12/h9-11H,2-6,8H2,1H3. The summed E-state index contributed by atoms with van der Waals surface area (Å²) < 4.78 is 0. The normalized spacial score (nSPS) is 39.6. The van der Waals surface area contributed by atoms with E-state index in [1.807, 2.05) is 0 Å². The molecule has 2 fully saturated rings. The molecule has 0 N–H and O–H groups in total. The van der Waals surface area contributed by atoms with Crippen LogP contribution in [0.1, 0.15) is 26.2 Å². The van der Waals surface area contributed by atoms with Gasteiger partial charge in [-0.2, -0.15) is 17.0 Å². The third-order valence-electron chi connectivity index (χ3n) is 3.39. The fourth-order valence-electron chi connectivity index (χ4n) is 2.67. The summed E-state index contributed by atoms with van der Waals surface area (Å²) in [4.78, 5) is 2.56. The number of hydrogen-bond acceptors (Lipinski definition) is 3. The van der Waals surface area contributed by atoms with E-state index in [0.717, 1.165) is 11.7 Å². The number of nitrogens with zero attached hydrogens (tertiary/aromatic N) is 2. The van der Waals surface area contributed by atoms with E-state index >= 15 is 0 Å². The predicted octanol–water partition coefficient (Wildman–Crippen LogP) is 2.12. The third-order valence-corrected chi connectivity index (χ3v) is 4.52. The summed E-state index contributed by atoms with van der Waals surface area (Å²) in [5, 5.41) is 9.80. The second-order valence-corrected chi connectivity index (χ2v) is 5.96. The average molecular weight is 210 g/mol. The van der Waals surface area contributed by atoms with Crippen LogP contribution < -0.4 is 0 Å². The van der Waals surface area contributed by atoms with Gasteiger partial charge < -0.3 is 0 Å². The largest absolute Gasteiger partial charge is 0.297 e. The zero-order chi connectivity index (χ0) is 9.97. The molecule has 2 aliphatic rings. The SMILES string of the molecule is CC1CN(C2CCCC2C#N)CCS1. The minimum absolute atomic E-state index is 0.310. The Morgan fingerprint density at radius 1 is 1.43 bits per heavy atom. The molecule has 0 aromatic heterocycles. The number of hydrogen-bond donors (Lipinski definition) is 0. The van der Waals surface area contributed by atoms with Crippen molar-refractivity contribution in [3.05, 3.63) is 0 Å². The van der Waals surface area contributed by atoms with Gasteiger partial charge in [-0.3, -0.25) is 4.90 Å². The number of thioether (sulfide) groups is 1. The fourth-order valence-corrected chi connectivity index (χ4v) is 3.71. The van der Waals surface area contributed by atoms with Crippen molar-refractivity contribution >= 4 is 11.8 Å². The summed E-state index contributed by atoms with van der Waals surface area (Å²) >= 11 is 2.06. The minimum Gasteiger partial charge on any atom is -0.297 e. The summed E-state index contributed by atoms with van der Waals surface area (Å²) in [5.74, 6) is 1.56. The molecule has 1 heterocycles. The lowest BCUT2D eigenvalue weighted by Crippen LogP contribution is -2.45. The molecule has 2 nitrogen and oxygen atoms in total. The van der Waals surface area contributed by atoms with Gasteiger partial charge >= 0.3 is 0 Å².